The van der Waals surface area contributed by atoms with Gasteiger partial charge in [-0.25, -0.2) is 4.79 Å². The maximum absolute atomic E-state index is 12.0. The summed E-state index contributed by atoms with van der Waals surface area (Å²) in [6.07, 6.45) is 0. The van der Waals surface area contributed by atoms with Crippen molar-refractivity contribution in [3.63, 3.8) is 0 Å². The summed E-state index contributed by atoms with van der Waals surface area (Å²) in [4.78, 5) is 23.3. The van der Waals surface area contributed by atoms with Gasteiger partial charge in [0.25, 0.3) is 0 Å². The van der Waals surface area contributed by atoms with Crippen LogP contribution in [0.4, 0.5) is 0 Å². The van der Waals surface area contributed by atoms with Crippen molar-refractivity contribution in [1.29, 1.82) is 0 Å². The Labute approximate surface area is 103 Å². The highest BCUT2D eigenvalue weighted by atomic mass is 16.5. The fourth-order valence-electron chi connectivity index (χ4n) is 1.66. The fraction of sp³-hybridized carbons (Fsp3) is 0.231. The number of esters is 1. The molecule has 0 N–H and O–H groups in total. The van der Waals surface area contributed by atoms with E-state index in [0.717, 1.165) is 6.07 Å². The number of fused-ring (bicyclic) bond motifs is 1. The third-order valence-corrected chi connectivity index (χ3v) is 2.40. The van der Waals surface area contributed by atoms with Crippen LogP contribution in [0.5, 0.6) is 5.75 Å². The Morgan fingerprint density at radius 2 is 2.17 bits per heavy atom. The monoisotopic (exact) mass is 248 g/mol. The highest BCUT2D eigenvalue weighted by molar-refractivity contribution is 5.90. The molecule has 0 spiro atoms. The van der Waals surface area contributed by atoms with E-state index in [9.17, 15) is 9.59 Å². The third-order valence-electron chi connectivity index (χ3n) is 2.40. The van der Waals surface area contributed by atoms with E-state index in [2.05, 4.69) is 4.74 Å². The summed E-state index contributed by atoms with van der Waals surface area (Å²) in [5, 5.41) is 0.326. The van der Waals surface area contributed by atoms with Crippen molar-refractivity contribution >= 4 is 16.9 Å². The average Bonchev–Trinajstić information content (AvgIpc) is 2.38. The van der Waals surface area contributed by atoms with Crippen molar-refractivity contribution in [3.05, 3.63) is 40.2 Å². The highest BCUT2D eigenvalue weighted by Crippen LogP contribution is 2.23. The summed E-state index contributed by atoms with van der Waals surface area (Å²) in [6.45, 7) is 2.26. The van der Waals surface area contributed by atoms with Crippen LogP contribution >= 0.6 is 0 Å². The van der Waals surface area contributed by atoms with Crippen molar-refractivity contribution in [2.75, 3.05) is 13.7 Å². The predicted octanol–water partition coefficient (Wildman–Crippen LogP) is 1.98. The molecule has 1 aromatic carbocycles. The Balaban J connectivity index is 2.69. The van der Waals surface area contributed by atoms with Gasteiger partial charge in [-0.1, -0.05) is 6.07 Å². The zero-order valence-electron chi connectivity index (χ0n) is 10.1. The molecule has 0 fully saturated rings. The van der Waals surface area contributed by atoms with Gasteiger partial charge in [0, 0.05) is 6.07 Å². The topological polar surface area (TPSA) is 65.7 Å². The van der Waals surface area contributed by atoms with Crippen LogP contribution in [0.15, 0.2) is 33.5 Å². The summed E-state index contributed by atoms with van der Waals surface area (Å²) in [6, 6.07) is 6.08. The van der Waals surface area contributed by atoms with Gasteiger partial charge in [0.05, 0.1) is 13.7 Å². The lowest BCUT2D eigenvalue weighted by Crippen LogP contribution is -2.09. The number of hydrogen-bond acceptors (Lipinski definition) is 5. The van der Waals surface area contributed by atoms with Gasteiger partial charge in [-0.2, -0.15) is 0 Å². The van der Waals surface area contributed by atoms with E-state index in [-0.39, 0.29) is 11.2 Å². The Kier molecular flexibility index (Phi) is 3.32. The van der Waals surface area contributed by atoms with Crippen molar-refractivity contribution < 1.29 is 18.7 Å². The molecule has 5 nitrogen and oxygen atoms in total. The second kappa shape index (κ2) is 4.91. The van der Waals surface area contributed by atoms with Crippen LogP contribution in [0, 0.1) is 0 Å². The smallest absolute Gasteiger partial charge is 0.374 e. The number of hydrogen-bond donors (Lipinski definition) is 0. The number of methoxy groups -OCH3 is 1. The van der Waals surface area contributed by atoms with E-state index < -0.39 is 5.97 Å². The van der Waals surface area contributed by atoms with E-state index in [0.29, 0.717) is 23.3 Å². The first-order valence-electron chi connectivity index (χ1n) is 5.45. The molecule has 0 unspecified atom stereocenters. The van der Waals surface area contributed by atoms with Crippen LogP contribution in [-0.4, -0.2) is 19.7 Å². The maximum Gasteiger partial charge on any atom is 0.374 e. The van der Waals surface area contributed by atoms with Gasteiger partial charge in [0.2, 0.25) is 5.76 Å². The second-order valence-electron chi connectivity index (χ2n) is 3.53. The molecule has 0 bridgehead atoms. The third kappa shape index (κ3) is 2.07. The lowest BCUT2D eigenvalue weighted by Gasteiger charge is -2.06. The molecule has 0 aliphatic carbocycles. The van der Waals surface area contributed by atoms with Gasteiger partial charge in [-0.05, 0) is 19.1 Å². The first-order valence-corrected chi connectivity index (χ1v) is 5.45. The van der Waals surface area contributed by atoms with E-state index in [4.69, 9.17) is 9.15 Å². The van der Waals surface area contributed by atoms with Crippen molar-refractivity contribution in [3.8, 4) is 5.75 Å². The molecular weight excluding hydrogens is 236 g/mol. The largest absolute Gasteiger partial charge is 0.493 e. The van der Waals surface area contributed by atoms with Crippen LogP contribution < -0.4 is 10.2 Å². The van der Waals surface area contributed by atoms with Gasteiger partial charge in [-0.15, -0.1) is 0 Å². The molecule has 0 aliphatic heterocycles. The Bertz CT molecular complexity index is 641. The number of carbonyl (C=O) groups is 1. The standard InChI is InChI=1S/C13H12O5/c1-3-17-9-5-4-6-10-12(9)8(14)7-11(18-10)13(15)16-2/h4-7H,3H2,1-2H3. The van der Waals surface area contributed by atoms with Gasteiger partial charge in [0.15, 0.2) is 5.43 Å². The van der Waals surface area contributed by atoms with E-state index >= 15 is 0 Å². The van der Waals surface area contributed by atoms with Crippen LogP contribution in [-0.2, 0) is 4.74 Å². The minimum Gasteiger partial charge on any atom is -0.493 e. The minimum atomic E-state index is -0.684. The van der Waals surface area contributed by atoms with Crippen LogP contribution in [0.1, 0.15) is 17.5 Å². The molecule has 94 valence electrons. The van der Waals surface area contributed by atoms with Crippen LogP contribution in [0.2, 0.25) is 0 Å². The zero-order valence-corrected chi connectivity index (χ0v) is 10.1. The number of carbonyl (C=O) groups excluding carboxylic acids is 1. The average molecular weight is 248 g/mol. The van der Waals surface area contributed by atoms with Crippen LogP contribution in [0.3, 0.4) is 0 Å². The summed E-state index contributed by atoms with van der Waals surface area (Å²) in [7, 11) is 1.23. The van der Waals surface area contributed by atoms with Gasteiger partial charge >= 0.3 is 5.97 Å². The molecule has 2 aromatic rings. The molecule has 0 amide bonds. The first kappa shape index (κ1) is 12.2. The normalized spacial score (nSPS) is 10.3. The predicted molar refractivity (Wildman–Crippen MR) is 65.0 cm³/mol. The molecular formula is C13H12O5. The zero-order chi connectivity index (χ0) is 13.1. The van der Waals surface area contributed by atoms with Crippen molar-refractivity contribution in [2.45, 2.75) is 6.92 Å². The molecule has 18 heavy (non-hydrogen) atoms. The first-order chi connectivity index (χ1) is 8.67. The second-order valence-corrected chi connectivity index (χ2v) is 3.53. The van der Waals surface area contributed by atoms with E-state index in [1.165, 1.54) is 7.11 Å². The Hall–Kier alpha value is -2.30. The summed E-state index contributed by atoms with van der Waals surface area (Å²) < 4.78 is 15.2. The van der Waals surface area contributed by atoms with Crippen molar-refractivity contribution in [1.82, 2.24) is 0 Å². The molecule has 2 rings (SSSR count). The summed E-state index contributed by atoms with van der Waals surface area (Å²) in [5.74, 6) is -0.361. The fourth-order valence-corrected chi connectivity index (χ4v) is 1.66. The molecule has 1 aromatic heterocycles. The molecule has 0 saturated carbocycles. The Morgan fingerprint density at radius 3 is 2.83 bits per heavy atom. The number of ether oxygens (including phenoxy) is 2. The summed E-state index contributed by atoms with van der Waals surface area (Å²) in [5.41, 5.74) is -0.0328. The Morgan fingerprint density at radius 1 is 1.39 bits per heavy atom. The number of benzene rings is 1. The molecule has 1 heterocycles. The quantitative estimate of drug-likeness (QED) is 0.777. The molecule has 0 aliphatic rings. The van der Waals surface area contributed by atoms with Gasteiger partial charge in [0.1, 0.15) is 16.7 Å². The minimum absolute atomic E-state index is 0.122. The van der Waals surface area contributed by atoms with E-state index in [1.807, 2.05) is 6.92 Å². The molecule has 0 atom stereocenters. The lowest BCUT2D eigenvalue weighted by molar-refractivity contribution is 0.0565. The number of rotatable bonds is 3. The van der Waals surface area contributed by atoms with Crippen molar-refractivity contribution in [2.24, 2.45) is 0 Å². The van der Waals surface area contributed by atoms with Gasteiger partial charge in [-0.3, -0.25) is 4.79 Å². The van der Waals surface area contributed by atoms with Gasteiger partial charge < -0.3 is 13.9 Å². The van der Waals surface area contributed by atoms with E-state index in [1.54, 1.807) is 18.2 Å². The molecule has 0 saturated heterocycles. The van der Waals surface area contributed by atoms with Crippen LogP contribution in [0.25, 0.3) is 11.0 Å². The lowest BCUT2D eigenvalue weighted by atomic mass is 10.2. The summed E-state index contributed by atoms with van der Waals surface area (Å²) >= 11 is 0. The highest BCUT2D eigenvalue weighted by Gasteiger charge is 2.14. The molecule has 0 radical (unpaired) electrons. The molecule has 5 heteroatoms. The maximum atomic E-state index is 12.0. The SMILES string of the molecule is CCOc1cccc2oc(C(=O)OC)cc(=O)c12.